The molecule has 51 heavy (non-hydrogen) atoms. The first kappa shape index (κ1) is 29.9. The van der Waals surface area contributed by atoms with Gasteiger partial charge in [0.15, 0.2) is 0 Å². The largest absolute Gasteiger partial charge is 0.236 e. The van der Waals surface area contributed by atoms with Crippen molar-refractivity contribution in [3.05, 3.63) is 169 Å². The summed E-state index contributed by atoms with van der Waals surface area (Å²) in [6, 6.07) is 59.5. The Morgan fingerprint density at radius 1 is 0.373 bits per heavy atom. The molecule has 2 nitrogen and oxygen atoms in total. The predicted molar refractivity (Wildman–Crippen MR) is 220 cm³/mol. The van der Waals surface area contributed by atoms with Gasteiger partial charge in [-0.05, 0) is 129 Å². The van der Waals surface area contributed by atoms with Gasteiger partial charge in [-0.25, -0.2) is 9.97 Å². The fourth-order valence-electron chi connectivity index (χ4n) is 7.19. The molecule has 0 spiro atoms. The molecule has 0 unspecified atom stereocenters. The van der Waals surface area contributed by atoms with Gasteiger partial charge < -0.3 is 0 Å². The summed E-state index contributed by atoms with van der Waals surface area (Å²) >= 11 is 3.48. The van der Waals surface area contributed by atoms with Crippen molar-refractivity contribution < 1.29 is 0 Å². The summed E-state index contributed by atoms with van der Waals surface area (Å²) in [6.07, 6.45) is 0. The van der Waals surface area contributed by atoms with Gasteiger partial charge in [-0.1, -0.05) is 103 Å². The van der Waals surface area contributed by atoms with Crippen molar-refractivity contribution in [2.75, 3.05) is 0 Å². The van der Waals surface area contributed by atoms with E-state index in [1.54, 1.807) is 22.7 Å². The molecule has 0 amide bonds. The lowest BCUT2D eigenvalue weighted by Gasteiger charge is -2.16. The number of hydrogen-bond acceptors (Lipinski definition) is 4. The second-order valence-corrected chi connectivity index (χ2v) is 15.2. The molecule has 0 radical (unpaired) electrons. The minimum Gasteiger partial charge on any atom is -0.236 e. The van der Waals surface area contributed by atoms with Crippen LogP contribution < -0.4 is 0 Å². The summed E-state index contributed by atoms with van der Waals surface area (Å²) in [6.45, 7) is 2.14. The zero-order valence-electron chi connectivity index (χ0n) is 27.8. The zero-order chi connectivity index (χ0) is 33.9. The van der Waals surface area contributed by atoms with Crippen LogP contribution in [0.2, 0.25) is 0 Å². The molecule has 0 N–H and O–H groups in total. The molecule has 2 heterocycles. The standard InChI is InChI=1S/C47H30N2S2/c1-29-18-20-30(21-19-29)32-22-33(24-35(23-32)41-28-31-10-2-3-11-38(31)39-12-4-5-13-40(39)41)34-25-36(46-48-42-14-6-8-16-44(42)50-46)27-37(26-34)47-49-43-15-7-9-17-45(43)51-47/h2-28H,1H3. The van der Waals surface area contributed by atoms with Gasteiger partial charge in [-0.3, -0.25) is 0 Å². The van der Waals surface area contributed by atoms with Gasteiger partial charge >= 0.3 is 0 Å². The van der Waals surface area contributed by atoms with E-state index in [1.807, 2.05) is 0 Å². The van der Waals surface area contributed by atoms with E-state index in [0.29, 0.717) is 0 Å². The van der Waals surface area contributed by atoms with E-state index < -0.39 is 0 Å². The first-order valence-corrected chi connectivity index (χ1v) is 18.8. The topological polar surface area (TPSA) is 25.8 Å². The van der Waals surface area contributed by atoms with E-state index in [9.17, 15) is 0 Å². The quantitative estimate of drug-likeness (QED) is 0.168. The lowest BCUT2D eigenvalue weighted by molar-refractivity contribution is 1.45. The smallest absolute Gasteiger partial charge is 0.124 e. The Hall–Kier alpha value is -5.94. The Morgan fingerprint density at radius 2 is 0.843 bits per heavy atom. The van der Waals surface area contributed by atoms with E-state index >= 15 is 0 Å². The van der Waals surface area contributed by atoms with E-state index in [1.165, 1.54) is 58.8 Å². The minimum atomic E-state index is 1.01. The Kier molecular flexibility index (Phi) is 7.12. The molecule has 2 aromatic heterocycles. The highest BCUT2D eigenvalue weighted by atomic mass is 32.1. The van der Waals surface area contributed by atoms with Crippen LogP contribution in [0.4, 0.5) is 0 Å². The average Bonchev–Trinajstić information content (AvgIpc) is 3.83. The van der Waals surface area contributed by atoms with Crippen molar-refractivity contribution in [3.63, 3.8) is 0 Å². The molecule has 4 heteroatoms. The highest BCUT2D eigenvalue weighted by Gasteiger charge is 2.17. The molecule has 8 aromatic carbocycles. The number of fused-ring (bicyclic) bond motifs is 5. The fraction of sp³-hybridized carbons (Fsp3) is 0.0213. The molecule has 0 saturated carbocycles. The molecule has 0 aliphatic heterocycles. The molecule has 0 atom stereocenters. The second kappa shape index (κ2) is 12.1. The summed E-state index contributed by atoms with van der Waals surface area (Å²) in [4.78, 5) is 10.2. The summed E-state index contributed by atoms with van der Waals surface area (Å²) < 4.78 is 2.37. The monoisotopic (exact) mass is 686 g/mol. The van der Waals surface area contributed by atoms with Crippen molar-refractivity contribution >= 4 is 64.7 Å². The van der Waals surface area contributed by atoms with E-state index in [0.717, 1.165) is 43.3 Å². The lowest BCUT2D eigenvalue weighted by Crippen LogP contribution is -1.90. The number of aromatic nitrogens is 2. The molecule has 10 aromatic rings. The third kappa shape index (κ3) is 5.41. The van der Waals surface area contributed by atoms with Crippen molar-refractivity contribution in [3.8, 4) is 54.5 Å². The van der Waals surface area contributed by atoms with Crippen LogP contribution in [0, 0.1) is 6.92 Å². The highest BCUT2D eigenvalue weighted by Crippen LogP contribution is 2.42. The van der Waals surface area contributed by atoms with Crippen LogP contribution in [0.15, 0.2) is 164 Å². The number of rotatable bonds is 5. The first-order chi connectivity index (χ1) is 25.1. The molecule has 240 valence electrons. The van der Waals surface area contributed by atoms with E-state index in [4.69, 9.17) is 9.97 Å². The van der Waals surface area contributed by atoms with Gasteiger partial charge in [0.1, 0.15) is 10.0 Å². The van der Waals surface area contributed by atoms with Gasteiger partial charge in [-0.2, -0.15) is 0 Å². The Balaban J connectivity index is 1.24. The maximum Gasteiger partial charge on any atom is 0.124 e. The number of thiazole rings is 2. The van der Waals surface area contributed by atoms with Crippen molar-refractivity contribution in [1.82, 2.24) is 9.97 Å². The van der Waals surface area contributed by atoms with E-state index in [-0.39, 0.29) is 0 Å². The molecular formula is C47H30N2S2. The summed E-state index contributed by atoms with van der Waals surface area (Å²) in [5.74, 6) is 0. The first-order valence-electron chi connectivity index (χ1n) is 17.1. The number of benzene rings is 8. The molecular weight excluding hydrogens is 657 g/mol. The number of hydrogen-bond donors (Lipinski definition) is 0. The van der Waals surface area contributed by atoms with Crippen molar-refractivity contribution in [2.45, 2.75) is 6.92 Å². The number of para-hydroxylation sites is 2. The SMILES string of the molecule is Cc1ccc(-c2cc(-c3cc(-c4nc5ccccc5s4)cc(-c4nc5ccccc5s4)c3)cc(-c3cc4ccccc4c4ccccc34)c2)cc1. The van der Waals surface area contributed by atoms with Gasteiger partial charge in [-0.15, -0.1) is 22.7 Å². The van der Waals surface area contributed by atoms with Crippen LogP contribution in [0.25, 0.3) is 96.5 Å². The normalized spacial score (nSPS) is 11.6. The van der Waals surface area contributed by atoms with Crippen LogP contribution in [0.5, 0.6) is 0 Å². The minimum absolute atomic E-state index is 1.01. The van der Waals surface area contributed by atoms with E-state index in [2.05, 4.69) is 171 Å². The summed E-state index contributed by atoms with van der Waals surface area (Å²) in [7, 11) is 0. The van der Waals surface area contributed by atoms with Crippen LogP contribution in [-0.2, 0) is 0 Å². The van der Waals surface area contributed by atoms with Crippen LogP contribution >= 0.6 is 22.7 Å². The lowest BCUT2D eigenvalue weighted by atomic mass is 9.88. The Labute approximate surface area is 304 Å². The van der Waals surface area contributed by atoms with Crippen LogP contribution in [0.1, 0.15) is 5.56 Å². The maximum absolute atomic E-state index is 5.10. The van der Waals surface area contributed by atoms with Gasteiger partial charge in [0.05, 0.1) is 20.4 Å². The van der Waals surface area contributed by atoms with Crippen LogP contribution in [0.3, 0.4) is 0 Å². The molecule has 0 saturated heterocycles. The Bertz CT molecular complexity index is 2770. The van der Waals surface area contributed by atoms with Crippen molar-refractivity contribution in [1.29, 1.82) is 0 Å². The summed E-state index contributed by atoms with van der Waals surface area (Å²) in [5.41, 5.74) is 12.6. The highest BCUT2D eigenvalue weighted by molar-refractivity contribution is 7.22. The van der Waals surface area contributed by atoms with Gasteiger partial charge in [0, 0.05) is 11.1 Å². The second-order valence-electron chi connectivity index (χ2n) is 13.1. The third-order valence-corrected chi connectivity index (χ3v) is 11.9. The fourth-order valence-corrected chi connectivity index (χ4v) is 9.09. The molecule has 0 bridgehead atoms. The van der Waals surface area contributed by atoms with Gasteiger partial charge in [0.2, 0.25) is 0 Å². The molecule has 10 rings (SSSR count). The predicted octanol–water partition coefficient (Wildman–Crippen LogP) is 13.9. The molecule has 0 fully saturated rings. The summed E-state index contributed by atoms with van der Waals surface area (Å²) in [5, 5.41) is 7.05. The average molecular weight is 687 g/mol. The third-order valence-electron chi connectivity index (χ3n) is 9.74. The Morgan fingerprint density at radius 3 is 1.47 bits per heavy atom. The molecule has 0 aliphatic rings. The van der Waals surface area contributed by atoms with Crippen molar-refractivity contribution in [2.24, 2.45) is 0 Å². The number of nitrogens with zero attached hydrogens (tertiary/aromatic N) is 2. The molecule has 0 aliphatic carbocycles. The maximum atomic E-state index is 5.10. The van der Waals surface area contributed by atoms with Gasteiger partial charge in [0.25, 0.3) is 0 Å². The van der Waals surface area contributed by atoms with Crippen LogP contribution in [-0.4, -0.2) is 9.97 Å². The number of aryl methyl sites for hydroxylation is 1. The zero-order valence-corrected chi connectivity index (χ0v) is 29.4.